The smallest absolute Gasteiger partial charge is 0.322 e. The van der Waals surface area contributed by atoms with Crippen molar-refractivity contribution in [3.63, 3.8) is 0 Å². The summed E-state index contributed by atoms with van der Waals surface area (Å²) in [6.45, 7) is 2.27. The van der Waals surface area contributed by atoms with E-state index in [1.807, 2.05) is 0 Å². The standard InChI is InChI=1S/C17H18FN5O2/c1-11-20-16(22-25-11)15-5-3-2-4-8-23(15)17(24)21-13-6-7-14(18)12(9-13)10-19/h6-7,9,15H,2-5,8H2,1H3,(H,21,24)/t15-/m0/s1. The number of amides is 2. The zero-order chi connectivity index (χ0) is 17.8. The van der Waals surface area contributed by atoms with Gasteiger partial charge in [0.25, 0.3) is 0 Å². The Morgan fingerprint density at radius 1 is 1.44 bits per heavy atom. The van der Waals surface area contributed by atoms with Crippen molar-refractivity contribution >= 4 is 11.7 Å². The number of nitriles is 1. The van der Waals surface area contributed by atoms with Crippen LogP contribution in [0.3, 0.4) is 0 Å². The molecule has 7 nitrogen and oxygen atoms in total. The number of nitrogens with one attached hydrogen (secondary N) is 1. The molecule has 1 fully saturated rings. The molecule has 0 aliphatic carbocycles. The summed E-state index contributed by atoms with van der Waals surface area (Å²) < 4.78 is 18.5. The highest BCUT2D eigenvalue weighted by Gasteiger charge is 2.30. The number of aryl methyl sites for hydroxylation is 1. The minimum atomic E-state index is -0.615. The summed E-state index contributed by atoms with van der Waals surface area (Å²) in [7, 11) is 0. The maximum atomic E-state index is 13.4. The molecule has 8 heteroatoms. The Kier molecular flexibility index (Phi) is 4.93. The molecule has 2 heterocycles. The van der Waals surface area contributed by atoms with E-state index >= 15 is 0 Å². The average Bonchev–Trinajstić information content (AvgIpc) is 2.88. The summed E-state index contributed by atoms with van der Waals surface area (Å²) in [5.41, 5.74) is 0.259. The van der Waals surface area contributed by atoms with E-state index in [4.69, 9.17) is 9.78 Å². The summed E-state index contributed by atoms with van der Waals surface area (Å²) in [6, 6.07) is 5.08. The van der Waals surface area contributed by atoms with Gasteiger partial charge in [0.2, 0.25) is 5.89 Å². The molecule has 0 radical (unpaired) electrons. The predicted octanol–water partition coefficient (Wildman–Crippen LogP) is 3.54. The van der Waals surface area contributed by atoms with Crippen LogP contribution >= 0.6 is 0 Å². The van der Waals surface area contributed by atoms with Crippen molar-refractivity contribution in [3.8, 4) is 6.07 Å². The number of nitrogens with zero attached hydrogens (tertiary/aromatic N) is 4. The van der Waals surface area contributed by atoms with Gasteiger partial charge in [-0.15, -0.1) is 0 Å². The summed E-state index contributed by atoms with van der Waals surface area (Å²) in [6.07, 6.45) is 3.62. The first-order chi connectivity index (χ1) is 12.1. The number of hydrogen-bond acceptors (Lipinski definition) is 5. The lowest BCUT2D eigenvalue weighted by atomic mass is 10.1. The monoisotopic (exact) mass is 343 g/mol. The first kappa shape index (κ1) is 16.9. The second-order valence-electron chi connectivity index (χ2n) is 5.97. The fraction of sp³-hybridized carbons (Fsp3) is 0.412. The Morgan fingerprint density at radius 2 is 2.28 bits per heavy atom. The van der Waals surface area contributed by atoms with Crippen molar-refractivity contribution in [1.29, 1.82) is 5.26 Å². The van der Waals surface area contributed by atoms with Crippen LogP contribution < -0.4 is 5.32 Å². The van der Waals surface area contributed by atoms with Crippen molar-refractivity contribution < 1.29 is 13.7 Å². The number of rotatable bonds is 2. The van der Waals surface area contributed by atoms with Gasteiger partial charge in [-0.2, -0.15) is 10.2 Å². The largest absolute Gasteiger partial charge is 0.340 e. The molecule has 1 N–H and O–H groups in total. The zero-order valence-corrected chi connectivity index (χ0v) is 13.8. The lowest BCUT2D eigenvalue weighted by Crippen LogP contribution is -2.38. The topological polar surface area (TPSA) is 95.1 Å². The summed E-state index contributed by atoms with van der Waals surface area (Å²) >= 11 is 0. The fourth-order valence-electron chi connectivity index (χ4n) is 2.95. The van der Waals surface area contributed by atoms with Gasteiger partial charge in [-0.25, -0.2) is 9.18 Å². The third-order valence-corrected chi connectivity index (χ3v) is 4.19. The number of likely N-dealkylation sites (tertiary alicyclic amines) is 1. The molecule has 1 atom stereocenters. The molecule has 25 heavy (non-hydrogen) atoms. The molecule has 2 amide bonds. The molecule has 0 saturated carbocycles. The number of carbonyl (C=O) groups excluding carboxylic acids is 1. The lowest BCUT2D eigenvalue weighted by molar-refractivity contribution is 0.184. The van der Waals surface area contributed by atoms with Gasteiger partial charge in [-0.3, -0.25) is 0 Å². The highest BCUT2D eigenvalue weighted by molar-refractivity contribution is 5.89. The van der Waals surface area contributed by atoms with Gasteiger partial charge < -0.3 is 14.7 Å². The van der Waals surface area contributed by atoms with Crippen molar-refractivity contribution in [2.75, 3.05) is 11.9 Å². The minimum absolute atomic E-state index is 0.112. The van der Waals surface area contributed by atoms with Crippen LogP contribution in [-0.2, 0) is 0 Å². The molecule has 1 aliphatic rings. The average molecular weight is 343 g/mol. The van der Waals surface area contributed by atoms with Crippen molar-refractivity contribution in [3.05, 3.63) is 41.3 Å². The summed E-state index contributed by atoms with van der Waals surface area (Å²) in [4.78, 5) is 18.7. The molecule has 0 spiro atoms. The zero-order valence-electron chi connectivity index (χ0n) is 13.8. The number of halogens is 1. The number of carbonyl (C=O) groups is 1. The number of aromatic nitrogens is 2. The molecule has 0 bridgehead atoms. The first-order valence-corrected chi connectivity index (χ1v) is 8.16. The molecule has 2 aromatic rings. The van der Waals surface area contributed by atoms with Gasteiger partial charge in [0, 0.05) is 19.2 Å². The maximum Gasteiger partial charge on any atom is 0.322 e. The number of anilines is 1. The number of hydrogen-bond donors (Lipinski definition) is 1. The quantitative estimate of drug-likeness (QED) is 0.900. The van der Waals surface area contributed by atoms with Crippen LogP contribution in [0, 0.1) is 24.1 Å². The third-order valence-electron chi connectivity index (χ3n) is 4.19. The van der Waals surface area contributed by atoms with E-state index in [1.165, 1.54) is 12.1 Å². The number of benzene rings is 1. The van der Waals surface area contributed by atoms with E-state index in [9.17, 15) is 9.18 Å². The normalized spacial score (nSPS) is 17.6. The Morgan fingerprint density at radius 3 is 3.00 bits per heavy atom. The number of urea groups is 1. The van der Waals surface area contributed by atoms with Crippen molar-refractivity contribution in [1.82, 2.24) is 15.0 Å². The second kappa shape index (κ2) is 7.30. The molecule has 0 unspecified atom stereocenters. The Labute approximate surface area is 144 Å². The van der Waals surface area contributed by atoms with Gasteiger partial charge in [0.05, 0.1) is 11.6 Å². The molecule has 1 aromatic heterocycles. The molecule has 1 aliphatic heterocycles. The van der Waals surface area contributed by atoms with Gasteiger partial charge in [-0.05, 0) is 31.0 Å². The maximum absolute atomic E-state index is 13.4. The lowest BCUT2D eigenvalue weighted by Gasteiger charge is -2.28. The van der Waals surface area contributed by atoms with Crippen molar-refractivity contribution in [2.45, 2.75) is 38.6 Å². The Hall–Kier alpha value is -2.95. The summed E-state index contributed by atoms with van der Waals surface area (Å²) in [5.74, 6) is 0.332. The van der Waals surface area contributed by atoms with Crippen LogP contribution in [0.4, 0.5) is 14.9 Å². The van der Waals surface area contributed by atoms with E-state index in [0.717, 1.165) is 31.7 Å². The SMILES string of the molecule is Cc1nc([C@@H]2CCCCCN2C(=O)Nc2ccc(F)c(C#N)c2)no1. The van der Waals surface area contributed by atoms with Crippen LogP contribution in [0.25, 0.3) is 0 Å². The van der Waals surface area contributed by atoms with Gasteiger partial charge in [0.1, 0.15) is 11.9 Å². The van der Waals surface area contributed by atoms with Crippen LogP contribution in [0.1, 0.15) is 49.0 Å². The van der Waals surface area contributed by atoms with E-state index in [-0.39, 0.29) is 17.6 Å². The molecule has 130 valence electrons. The predicted molar refractivity (Wildman–Crippen MR) is 87.1 cm³/mol. The van der Waals surface area contributed by atoms with E-state index in [1.54, 1.807) is 17.9 Å². The van der Waals surface area contributed by atoms with Gasteiger partial charge in [0.15, 0.2) is 5.82 Å². The molecular weight excluding hydrogens is 325 g/mol. The second-order valence-corrected chi connectivity index (χ2v) is 5.97. The van der Waals surface area contributed by atoms with E-state index in [2.05, 4.69) is 15.5 Å². The Bertz CT molecular complexity index is 814. The molecule has 1 saturated heterocycles. The van der Waals surface area contributed by atoms with Crippen LogP contribution in [-0.4, -0.2) is 27.6 Å². The van der Waals surface area contributed by atoms with Crippen molar-refractivity contribution in [2.24, 2.45) is 0 Å². The first-order valence-electron chi connectivity index (χ1n) is 8.16. The van der Waals surface area contributed by atoms with Gasteiger partial charge >= 0.3 is 6.03 Å². The highest BCUT2D eigenvalue weighted by Crippen LogP contribution is 2.29. The van der Waals surface area contributed by atoms with Crippen LogP contribution in [0.15, 0.2) is 22.7 Å². The van der Waals surface area contributed by atoms with E-state index < -0.39 is 5.82 Å². The summed E-state index contributed by atoms with van der Waals surface area (Å²) in [5, 5.41) is 15.6. The highest BCUT2D eigenvalue weighted by atomic mass is 19.1. The Balaban J connectivity index is 1.81. The van der Waals surface area contributed by atoms with Crippen LogP contribution in [0.2, 0.25) is 0 Å². The minimum Gasteiger partial charge on any atom is -0.340 e. The molecule has 3 rings (SSSR count). The fourth-order valence-corrected chi connectivity index (χ4v) is 2.95. The molecular formula is C17H18FN5O2. The van der Waals surface area contributed by atoms with Crippen LogP contribution in [0.5, 0.6) is 0 Å². The van der Waals surface area contributed by atoms with Gasteiger partial charge in [-0.1, -0.05) is 18.0 Å². The van der Waals surface area contributed by atoms with E-state index in [0.29, 0.717) is 23.9 Å². The third kappa shape index (κ3) is 3.76. The molecule has 1 aromatic carbocycles.